The van der Waals surface area contributed by atoms with E-state index in [0.717, 1.165) is 5.56 Å². The molecule has 11 heteroatoms. The molecule has 0 aliphatic carbocycles. The van der Waals surface area contributed by atoms with E-state index in [0.29, 0.717) is 26.8 Å². The monoisotopic (exact) mass is 530 g/mol. The lowest BCUT2D eigenvalue weighted by Crippen LogP contribution is -2.40. The van der Waals surface area contributed by atoms with Gasteiger partial charge in [-0.3, -0.25) is 10.1 Å². The number of carbonyl (C=O) groups excluding carboxylic acids is 2. The molecule has 0 fully saturated rings. The smallest absolute Gasteiger partial charge is 0.411 e. The first-order chi connectivity index (χ1) is 16.7. The van der Waals surface area contributed by atoms with Crippen LogP contribution < -0.4 is 15.4 Å². The van der Waals surface area contributed by atoms with Crippen molar-refractivity contribution in [1.29, 1.82) is 0 Å². The Morgan fingerprint density at radius 1 is 1.03 bits per heavy atom. The summed E-state index contributed by atoms with van der Waals surface area (Å²) < 4.78 is 34.4. The van der Waals surface area contributed by atoms with Crippen LogP contribution in [0.5, 0.6) is 0 Å². The number of rotatable bonds is 7. The van der Waals surface area contributed by atoms with Crippen molar-refractivity contribution in [2.24, 2.45) is 0 Å². The van der Waals surface area contributed by atoms with Gasteiger partial charge in [0.2, 0.25) is 15.9 Å². The van der Waals surface area contributed by atoms with E-state index in [1.807, 2.05) is 6.07 Å². The zero-order valence-electron chi connectivity index (χ0n) is 21.0. The van der Waals surface area contributed by atoms with Crippen LogP contribution in [0.2, 0.25) is 0 Å². The van der Waals surface area contributed by atoms with Crippen molar-refractivity contribution in [3.63, 3.8) is 0 Å². The predicted molar refractivity (Wildman–Crippen MR) is 143 cm³/mol. The highest BCUT2D eigenvalue weighted by Crippen LogP contribution is 2.37. The second kappa shape index (κ2) is 10.8. The molecule has 0 spiro atoms. The highest BCUT2D eigenvalue weighted by atomic mass is 32.2. The normalized spacial score (nSPS) is 11.9. The van der Waals surface area contributed by atoms with E-state index in [1.54, 1.807) is 71.1 Å². The van der Waals surface area contributed by atoms with Crippen molar-refractivity contribution in [2.45, 2.75) is 58.1 Å². The van der Waals surface area contributed by atoms with Crippen LogP contribution in [-0.4, -0.2) is 37.0 Å². The van der Waals surface area contributed by atoms with Crippen LogP contribution in [-0.2, 0) is 19.6 Å². The van der Waals surface area contributed by atoms with Crippen molar-refractivity contribution in [3.8, 4) is 21.0 Å². The average Bonchev–Trinajstić information content (AvgIpc) is 3.21. The minimum atomic E-state index is -3.92. The van der Waals surface area contributed by atoms with Gasteiger partial charge in [0.15, 0.2) is 0 Å². The molecule has 0 aliphatic rings. The third-order valence-corrected chi connectivity index (χ3v) is 7.38. The van der Waals surface area contributed by atoms with Crippen LogP contribution >= 0.6 is 11.3 Å². The topological polar surface area (TPSA) is 126 Å². The number of benzene rings is 2. The van der Waals surface area contributed by atoms with E-state index >= 15 is 0 Å². The Hall–Kier alpha value is -3.28. The number of anilines is 2. The van der Waals surface area contributed by atoms with E-state index in [1.165, 1.54) is 24.3 Å². The number of amides is 2. The Morgan fingerprint density at radius 3 is 2.36 bits per heavy atom. The Balaban J connectivity index is 2.00. The van der Waals surface area contributed by atoms with Gasteiger partial charge in [-0.05, 0) is 58.9 Å². The summed E-state index contributed by atoms with van der Waals surface area (Å²) in [7, 11) is -3.92. The van der Waals surface area contributed by atoms with E-state index in [2.05, 4.69) is 20.3 Å². The quantitative estimate of drug-likeness (QED) is 0.372. The van der Waals surface area contributed by atoms with Gasteiger partial charge in [-0.1, -0.05) is 18.2 Å². The molecule has 3 aromatic rings. The molecule has 3 rings (SSSR count). The molecule has 2 aromatic carbocycles. The lowest BCUT2D eigenvalue weighted by Gasteiger charge is -2.22. The summed E-state index contributed by atoms with van der Waals surface area (Å²) in [6.07, 6.45) is 0.809. The van der Waals surface area contributed by atoms with E-state index < -0.39 is 21.7 Å². The summed E-state index contributed by atoms with van der Waals surface area (Å²) in [6.45, 7) is 10.2. The van der Waals surface area contributed by atoms with Crippen LogP contribution in [0.3, 0.4) is 0 Å². The first-order valence-electron chi connectivity index (χ1n) is 11.2. The summed E-state index contributed by atoms with van der Waals surface area (Å²) >= 11 is 1.31. The molecule has 1 heterocycles. The average molecular weight is 531 g/mol. The second-order valence-electron chi connectivity index (χ2n) is 9.44. The van der Waals surface area contributed by atoms with Gasteiger partial charge < -0.3 is 10.1 Å². The molecule has 36 heavy (non-hydrogen) atoms. The maximum atomic E-state index is 13.3. The Labute approximate surface area is 215 Å². The molecule has 3 N–H and O–H groups in total. The van der Waals surface area contributed by atoms with Crippen LogP contribution in [0.25, 0.3) is 21.0 Å². The zero-order chi connectivity index (χ0) is 26.7. The summed E-state index contributed by atoms with van der Waals surface area (Å²) in [4.78, 5) is 28.6. The molecule has 0 unspecified atom stereocenters. The number of hydrogen-bond acceptors (Lipinski definition) is 7. The third kappa shape index (κ3) is 7.36. The molecule has 0 bridgehead atoms. The second-order valence-corrected chi connectivity index (χ2v) is 12.1. The Kier molecular flexibility index (Phi) is 8.17. The fourth-order valence-corrected chi connectivity index (χ4v) is 5.99. The minimum absolute atomic E-state index is 0.0331. The van der Waals surface area contributed by atoms with Gasteiger partial charge >= 0.3 is 6.09 Å². The van der Waals surface area contributed by atoms with Gasteiger partial charge in [0, 0.05) is 41.2 Å². The Bertz CT molecular complexity index is 1380. The van der Waals surface area contributed by atoms with Crippen molar-refractivity contribution in [1.82, 2.24) is 9.71 Å². The molecule has 2 amide bonds. The largest absolute Gasteiger partial charge is 0.447 e. The van der Waals surface area contributed by atoms with Gasteiger partial charge in [0.25, 0.3) is 0 Å². The molecular weight excluding hydrogens is 500 g/mol. The minimum Gasteiger partial charge on any atom is -0.447 e. The first-order valence-corrected chi connectivity index (χ1v) is 13.5. The summed E-state index contributed by atoms with van der Waals surface area (Å²) in [5, 5.41) is 5.97. The lowest BCUT2D eigenvalue weighted by molar-refractivity contribution is -0.114. The number of sulfonamides is 1. The Morgan fingerprint density at radius 2 is 1.72 bits per heavy atom. The fourth-order valence-electron chi connectivity index (χ4n) is 3.31. The van der Waals surface area contributed by atoms with Gasteiger partial charge in [-0.2, -0.15) is 0 Å². The number of nitrogens with zero attached hydrogens (tertiary/aromatic N) is 1. The third-order valence-electron chi connectivity index (χ3n) is 4.50. The van der Waals surface area contributed by atoms with Crippen LogP contribution in [0.4, 0.5) is 16.2 Å². The number of nitrogens with one attached hydrogen (secondary N) is 3. The molecule has 1 aromatic heterocycles. The number of hydrogen-bond donors (Lipinski definition) is 3. The highest BCUT2D eigenvalue weighted by molar-refractivity contribution is 7.89. The van der Waals surface area contributed by atoms with Crippen LogP contribution in [0.1, 0.15) is 41.5 Å². The van der Waals surface area contributed by atoms with Crippen LogP contribution in [0, 0.1) is 0 Å². The summed E-state index contributed by atoms with van der Waals surface area (Å²) in [5.74, 6) is -0.305. The van der Waals surface area contributed by atoms with Crippen molar-refractivity contribution in [2.75, 3.05) is 10.6 Å². The number of ether oxygens (including phenoxy) is 1. The number of aromatic nitrogens is 1. The van der Waals surface area contributed by atoms with E-state index in [-0.39, 0.29) is 16.9 Å². The van der Waals surface area contributed by atoms with Gasteiger partial charge in [-0.25, -0.2) is 22.9 Å². The molecule has 9 nitrogen and oxygen atoms in total. The molecule has 192 valence electrons. The summed E-state index contributed by atoms with van der Waals surface area (Å²) in [6, 6.07) is 11.9. The molecular formula is C25H30N4O5S2. The van der Waals surface area contributed by atoms with Crippen molar-refractivity contribution >= 4 is 44.7 Å². The van der Waals surface area contributed by atoms with Crippen molar-refractivity contribution < 1.29 is 22.7 Å². The number of thiazole rings is 1. The van der Waals surface area contributed by atoms with Crippen molar-refractivity contribution in [3.05, 3.63) is 48.7 Å². The molecule has 0 atom stereocenters. The molecule has 0 saturated carbocycles. The maximum Gasteiger partial charge on any atom is 0.411 e. The molecule has 0 aliphatic heterocycles. The van der Waals surface area contributed by atoms with Gasteiger partial charge in [0.1, 0.15) is 5.01 Å². The zero-order valence-corrected chi connectivity index (χ0v) is 22.6. The lowest BCUT2D eigenvalue weighted by atomic mass is 10.1. The first kappa shape index (κ1) is 27.3. The highest BCUT2D eigenvalue weighted by Gasteiger charge is 2.26. The fraction of sp³-hybridized carbons (Fsp3) is 0.320. The van der Waals surface area contributed by atoms with Gasteiger partial charge in [0.05, 0.1) is 15.9 Å². The van der Waals surface area contributed by atoms with E-state index in [4.69, 9.17) is 4.74 Å². The SMILES string of the molecule is CC(=O)Nc1ccc(-c2cnc(-c3cccc(NC(=O)OC(C)C)c3)s2)c(S(=O)(=O)NC(C)(C)C)c1. The molecule has 0 radical (unpaired) electrons. The van der Waals surface area contributed by atoms with Gasteiger partial charge in [-0.15, -0.1) is 11.3 Å². The predicted octanol–water partition coefficient (Wildman–Crippen LogP) is 5.47. The standard InChI is InChI=1S/C25H30N4O5S2/c1-15(2)34-24(31)28-18-9-7-8-17(12-18)23-26-14-21(35-23)20-11-10-19(27-16(3)30)13-22(20)36(32,33)29-25(4,5)6/h7-15,29H,1-6H3,(H,27,30)(H,28,31). The van der Waals surface area contributed by atoms with Crippen LogP contribution in [0.15, 0.2) is 53.6 Å². The summed E-state index contributed by atoms with van der Waals surface area (Å²) in [5.41, 5.74) is 1.42. The molecule has 0 saturated heterocycles. The van der Waals surface area contributed by atoms with E-state index in [9.17, 15) is 18.0 Å². The number of carbonyl (C=O) groups is 2. The maximum absolute atomic E-state index is 13.3.